The van der Waals surface area contributed by atoms with Crippen LogP contribution in [0.1, 0.15) is 5.56 Å². The summed E-state index contributed by atoms with van der Waals surface area (Å²) in [6.45, 7) is 0. The molecule has 0 amide bonds. The molecule has 2 rings (SSSR count). The van der Waals surface area contributed by atoms with Crippen molar-refractivity contribution in [3.05, 3.63) is 35.8 Å². The summed E-state index contributed by atoms with van der Waals surface area (Å²) in [6, 6.07) is 5.79. The zero-order chi connectivity index (χ0) is 10.1. The van der Waals surface area contributed by atoms with Gasteiger partial charge in [0.2, 0.25) is 5.88 Å². The van der Waals surface area contributed by atoms with Crippen molar-refractivity contribution in [2.24, 2.45) is 0 Å². The largest absolute Gasteiger partial charge is 0.493 e. The molecule has 0 saturated carbocycles. The van der Waals surface area contributed by atoms with Crippen molar-refractivity contribution < 1.29 is 9.50 Å². The van der Waals surface area contributed by atoms with E-state index in [4.69, 9.17) is 5.26 Å². The minimum absolute atomic E-state index is 0.165. The van der Waals surface area contributed by atoms with E-state index in [9.17, 15) is 9.50 Å². The number of nitriles is 1. The second-order valence-corrected chi connectivity index (χ2v) is 2.80. The molecule has 0 fully saturated rings. The Morgan fingerprint density at radius 3 is 2.86 bits per heavy atom. The van der Waals surface area contributed by atoms with Gasteiger partial charge in [-0.15, -0.1) is 0 Å². The molecule has 1 aromatic carbocycles. The van der Waals surface area contributed by atoms with Crippen LogP contribution in [-0.4, -0.2) is 10.1 Å². The maximum atomic E-state index is 13.3. The Kier molecular flexibility index (Phi) is 1.79. The highest BCUT2D eigenvalue weighted by Gasteiger charge is 2.07. The number of rotatable bonds is 0. The molecule has 0 spiro atoms. The maximum absolute atomic E-state index is 13.3. The van der Waals surface area contributed by atoms with Crippen molar-refractivity contribution in [3.63, 3.8) is 0 Å². The second kappa shape index (κ2) is 2.96. The summed E-state index contributed by atoms with van der Waals surface area (Å²) in [5, 5.41) is 18.4. The Balaban J connectivity index is 2.92. The van der Waals surface area contributed by atoms with Crippen LogP contribution in [0.3, 0.4) is 0 Å². The van der Waals surface area contributed by atoms with E-state index in [1.54, 1.807) is 0 Å². The molecule has 0 atom stereocenters. The van der Waals surface area contributed by atoms with Gasteiger partial charge in [0.05, 0.1) is 11.6 Å². The number of benzene rings is 1. The van der Waals surface area contributed by atoms with E-state index in [1.165, 1.54) is 18.3 Å². The van der Waals surface area contributed by atoms with Crippen LogP contribution in [0.2, 0.25) is 0 Å². The van der Waals surface area contributed by atoms with Gasteiger partial charge in [-0.2, -0.15) is 5.26 Å². The molecule has 4 heteroatoms. The van der Waals surface area contributed by atoms with Gasteiger partial charge in [-0.25, -0.2) is 9.37 Å². The fraction of sp³-hybridized carbons (Fsp3) is 0. The number of aromatic nitrogens is 1. The van der Waals surface area contributed by atoms with E-state index in [0.717, 1.165) is 6.07 Å². The van der Waals surface area contributed by atoms with Crippen molar-refractivity contribution in [1.82, 2.24) is 4.98 Å². The molecule has 0 bridgehead atoms. The van der Waals surface area contributed by atoms with Crippen molar-refractivity contribution in [1.29, 1.82) is 5.26 Å². The number of pyridine rings is 1. The van der Waals surface area contributed by atoms with Gasteiger partial charge >= 0.3 is 0 Å². The molecule has 3 nitrogen and oxygen atoms in total. The van der Waals surface area contributed by atoms with Crippen LogP contribution in [0.15, 0.2) is 24.4 Å². The first-order valence-electron chi connectivity index (χ1n) is 3.89. The molecular weight excluding hydrogens is 183 g/mol. The van der Waals surface area contributed by atoms with Gasteiger partial charge in [0.1, 0.15) is 5.82 Å². The number of hydrogen-bond acceptors (Lipinski definition) is 3. The molecule has 14 heavy (non-hydrogen) atoms. The van der Waals surface area contributed by atoms with Gasteiger partial charge in [0.25, 0.3) is 0 Å². The Labute approximate surface area is 79.1 Å². The lowest BCUT2D eigenvalue weighted by Crippen LogP contribution is -1.85. The Morgan fingerprint density at radius 2 is 2.14 bits per heavy atom. The van der Waals surface area contributed by atoms with E-state index in [2.05, 4.69) is 4.98 Å². The number of nitrogens with zero attached hydrogens (tertiary/aromatic N) is 2. The Bertz CT molecular complexity index is 546. The standard InChI is InChI=1S/C10H5FN2O/c11-9-4-6(5-12)3-8-7(9)1-2-13-10(8)14/h1-4H,(H,13,14). The molecule has 0 aliphatic carbocycles. The van der Waals surface area contributed by atoms with Crippen LogP contribution in [-0.2, 0) is 0 Å². The van der Waals surface area contributed by atoms with E-state index in [0.29, 0.717) is 0 Å². The minimum atomic E-state index is -0.531. The third-order valence-electron chi connectivity index (χ3n) is 1.94. The lowest BCUT2D eigenvalue weighted by molar-refractivity contribution is 0.460. The van der Waals surface area contributed by atoms with Gasteiger partial charge in [-0.1, -0.05) is 0 Å². The lowest BCUT2D eigenvalue weighted by Gasteiger charge is -2.01. The Morgan fingerprint density at radius 1 is 1.36 bits per heavy atom. The van der Waals surface area contributed by atoms with E-state index in [-0.39, 0.29) is 22.2 Å². The highest BCUT2D eigenvalue weighted by atomic mass is 19.1. The summed E-state index contributed by atoms with van der Waals surface area (Å²) in [4.78, 5) is 3.60. The Hall–Kier alpha value is -2.15. The number of aromatic hydroxyl groups is 1. The van der Waals surface area contributed by atoms with Crippen molar-refractivity contribution in [2.75, 3.05) is 0 Å². The maximum Gasteiger partial charge on any atom is 0.218 e. The molecule has 0 saturated heterocycles. The summed E-state index contributed by atoms with van der Waals surface area (Å²) in [7, 11) is 0. The summed E-state index contributed by atoms with van der Waals surface area (Å²) >= 11 is 0. The molecule has 0 radical (unpaired) electrons. The minimum Gasteiger partial charge on any atom is -0.493 e. The first-order valence-corrected chi connectivity index (χ1v) is 3.89. The molecule has 1 aromatic heterocycles. The molecule has 0 aliphatic rings. The first-order chi connectivity index (χ1) is 6.72. The van der Waals surface area contributed by atoms with E-state index < -0.39 is 5.82 Å². The van der Waals surface area contributed by atoms with Gasteiger partial charge in [-0.3, -0.25) is 0 Å². The smallest absolute Gasteiger partial charge is 0.218 e. The van der Waals surface area contributed by atoms with Crippen LogP contribution in [0, 0.1) is 17.1 Å². The zero-order valence-electron chi connectivity index (χ0n) is 7.03. The fourth-order valence-corrected chi connectivity index (χ4v) is 1.29. The normalized spacial score (nSPS) is 10.0. The van der Waals surface area contributed by atoms with E-state index >= 15 is 0 Å². The summed E-state index contributed by atoms with van der Waals surface area (Å²) in [5.41, 5.74) is 0.165. The molecule has 0 aliphatic heterocycles. The average molecular weight is 188 g/mol. The van der Waals surface area contributed by atoms with Gasteiger partial charge in [0, 0.05) is 17.0 Å². The predicted molar refractivity (Wildman–Crippen MR) is 48.1 cm³/mol. The third-order valence-corrected chi connectivity index (χ3v) is 1.94. The predicted octanol–water partition coefficient (Wildman–Crippen LogP) is 1.95. The highest BCUT2D eigenvalue weighted by molar-refractivity contribution is 5.88. The first kappa shape index (κ1) is 8.45. The van der Waals surface area contributed by atoms with Gasteiger partial charge in [-0.05, 0) is 18.2 Å². The van der Waals surface area contributed by atoms with Crippen LogP contribution in [0.25, 0.3) is 10.8 Å². The van der Waals surface area contributed by atoms with Crippen molar-refractivity contribution in [2.45, 2.75) is 0 Å². The number of hydrogen-bond donors (Lipinski definition) is 1. The second-order valence-electron chi connectivity index (χ2n) is 2.80. The highest BCUT2D eigenvalue weighted by Crippen LogP contribution is 2.25. The fourth-order valence-electron chi connectivity index (χ4n) is 1.29. The van der Waals surface area contributed by atoms with E-state index in [1.807, 2.05) is 6.07 Å². The third kappa shape index (κ3) is 1.15. The molecule has 0 unspecified atom stereocenters. The van der Waals surface area contributed by atoms with Crippen LogP contribution in [0.4, 0.5) is 4.39 Å². The molecule has 68 valence electrons. The quantitative estimate of drug-likeness (QED) is 0.687. The van der Waals surface area contributed by atoms with Gasteiger partial charge in [0.15, 0.2) is 0 Å². The van der Waals surface area contributed by atoms with Crippen LogP contribution in [0.5, 0.6) is 5.88 Å². The summed E-state index contributed by atoms with van der Waals surface area (Å²) in [5.74, 6) is -0.796. The average Bonchev–Trinajstić information content (AvgIpc) is 2.19. The topological polar surface area (TPSA) is 56.9 Å². The SMILES string of the molecule is N#Cc1cc(F)c2ccnc(O)c2c1. The van der Waals surface area contributed by atoms with Crippen molar-refractivity contribution in [3.8, 4) is 11.9 Å². The summed E-state index contributed by atoms with van der Waals surface area (Å²) < 4.78 is 13.3. The summed E-state index contributed by atoms with van der Waals surface area (Å²) in [6.07, 6.45) is 1.31. The van der Waals surface area contributed by atoms with Crippen molar-refractivity contribution >= 4 is 10.8 Å². The number of halogens is 1. The monoisotopic (exact) mass is 188 g/mol. The van der Waals surface area contributed by atoms with Gasteiger partial charge < -0.3 is 5.11 Å². The zero-order valence-corrected chi connectivity index (χ0v) is 7.03. The molecule has 1 heterocycles. The van der Waals surface area contributed by atoms with Crippen LogP contribution < -0.4 is 0 Å². The van der Waals surface area contributed by atoms with Crippen LogP contribution >= 0.6 is 0 Å². The molecule has 1 N–H and O–H groups in total. The lowest BCUT2D eigenvalue weighted by atomic mass is 10.1. The number of fused-ring (bicyclic) bond motifs is 1. The molecule has 2 aromatic rings. The molecular formula is C10H5FN2O.